The van der Waals surface area contributed by atoms with E-state index < -0.39 is 6.10 Å². The van der Waals surface area contributed by atoms with Crippen LogP contribution in [0.25, 0.3) is 0 Å². The maximum absolute atomic E-state index is 12.0. The van der Waals surface area contributed by atoms with E-state index >= 15 is 0 Å². The number of benzene rings is 2. The van der Waals surface area contributed by atoms with Crippen LogP contribution in [0.2, 0.25) is 0 Å². The molecule has 0 aromatic heterocycles. The quantitative estimate of drug-likeness (QED) is 0.855. The largest absolute Gasteiger partial charge is 0.496 e. The van der Waals surface area contributed by atoms with Gasteiger partial charge >= 0.3 is 0 Å². The highest BCUT2D eigenvalue weighted by atomic mass is 16.5. The number of carbonyl (C=O) groups is 1. The lowest BCUT2D eigenvalue weighted by Gasteiger charge is -2.15. The monoisotopic (exact) mass is 299 g/mol. The Bertz CT molecular complexity index is 598. The van der Waals surface area contributed by atoms with Gasteiger partial charge in [0.1, 0.15) is 11.5 Å². The summed E-state index contributed by atoms with van der Waals surface area (Å²) in [7, 11) is 1.65. The van der Waals surface area contributed by atoms with E-state index in [9.17, 15) is 4.79 Å². The molecule has 2 aromatic rings. The average Bonchev–Trinajstić information content (AvgIpc) is 2.56. The molecule has 0 aliphatic carbocycles. The normalized spacial score (nSPS) is 11.5. The minimum atomic E-state index is -0.528. The third-order valence-electron chi connectivity index (χ3n) is 3.31. The topological polar surface area (TPSA) is 47.6 Å². The molecule has 0 radical (unpaired) electrons. The van der Waals surface area contributed by atoms with Gasteiger partial charge in [-0.25, -0.2) is 0 Å². The van der Waals surface area contributed by atoms with Crippen LogP contribution in [0.3, 0.4) is 0 Å². The fourth-order valence-corrected chi connectivity index (χ4v) is 2.13. The van der Waals surface area contributed by atoms with Crippen molar-refractivity contribution in [1.29, 1.82) is 0 Å². The Balaban J connectivity index is 1.80. The first-order valence-electron chi connectivity index (χ1n) is 7.32. The summed E-state index contributed by atoms with van der Waals surface area (Å²) >= 11 is 0. The fourth-order valence-electron chi connectivity index (χ4n) is 2.13. The molecule has 0 saturated carbocycles. The van der Waals surface area contributed by atoms with Gasteiger partial charge in [-0.2, -0.15) is 0 Å². The van der Waals surface area contributed by atoms with E-state index in [0.717, 1.165) is 11.3 Å². The standard InChI is InChI=1S/C18H21NO3/c1-14(22-16-9-4-3-5-10-16)18(20)19-13-12-15-8-6-7-11-17(15)21-2/h3-11,14H,12-13H2,1-2H3,(H,19,20). The van der Waals surface area contributed by atoms with Crippen molar-refractivity contribution in [1.82, 2.24) is 5.32 Å². The summed E-state index contributed by atoms with van der Waals surface area (Å²) in [5, 5.41) is 2.88. The van der Waals surface area contributed by atoms with Crippen LogP contribution in [0.1, 0.15) is 12.5 Å². The van der Waals surface area contributed by atoms with Gasteiger partial charge in [0.25, 0.3) is 5.91 Å². The number of nitrogens with one attached hydrogen (secondary N) is 1. The lowest BCUT2D eigenvalue weighted by atomic mass is 10.1. The molecule has 4 nitrogen and oxygen atoms in total. The molecule has 4 heteroatoms. The molecule has 0 aliphatic heterocycles. The average molecular weight is 299 g/mol. The lowest BCUT2D eigenvalue weighted by molar-refractivity contribution is -0.127. The van der Waals surface area contributed by atoms with Crippen molar-refractivity contribution in [3.05, 3.63) is 60.2 Å². The molecule has 1 atom stereocenters. The van der Waals surface area contributed by atoms with Gasteiger partial charge in [-0.3, -0.25) is 4.79 Å². The molecule has 1 N–H and O–H groups in total. The predicted octanol–water partition coefficient (Wildman–Crippen LogP) is 2.82. The molecule has 0 aliphatic rings. The van der Waals surface area contributed by atoms with Gasteiger partial charge in [-0.15, -0.1) is 0 Å². The van der Waals surface area contributed by atoms with Gasteiger partial charge in [-0.1, -0.05) is 36.4 Å². The summed E-state index contributed by atoms with van der Waals surface area (Å²) in [5.74, 6) is 1.40. The Morgan fingerprint density at radius 1 is 1.09 bits per heavy atom. The zero-order valence-electron chi connectivity index (χ0n) is 12.9. The molecular formula is C18H21NO3. The Morgan fingerprint density at radius 2 is 1.77 bits per heavy atom. The zero-order valence-corrected chi connectivity index (χ0v) is 12.9. The van der Waals surface area contributed by atoms with E-state index in [1.54, 1.807) is 14.0 Å². The Kier molecular flexibility index (Phi) is 5.83. The number of para-hydroxylation sites is 2. The first kappa shape index (κ1) is 15.9. The summed E-state index contributed by atoms with van der Waals surface area (Å²) in [6, 6.07) is 17.1. The molecule has 0 fully saturated rings. The molecule has 1 unspecified atom stereocenters. The number of hydrogen-bond donors (Lipinski definition) is 1. The van der Waals surface area contributed by atoms with Crippen molar-refractivity contribution in [3.8, 4) is 11.5 Å². The van der Waals surface area contributed by atoms with Crippen molar-refractivity contribution in [2.24, 2.45) is 0 Å². The summed E-state index contributed by atoms with van der Waals surface area (Å²) in [4.78, 5) is 12.0. The lowest BCUT2D eigenvalue weighted by Crippen LogP contribution is -2.37. The summed E-state index contributed by atoms with van der Waals surface area (Å²) < 4.78 is 10.9. The van der Waals surface area contributed by atoms with Crippen LogP contribution >= 0.6 is 0 Å². The van der Waals surface area contributed by atoms with Crippen molar-refractivity contribution in [2.75, 3.05) is 13.7 Å². The van der Waals surface area contributed by atoms with E-state index in [4.69, 9.17) is 9.47 Å². The molecule has 0 spiro atoms. The van der Waals surface area contributed by atoms with E-state index in [0.29, 0.717) is 18.7 Å². The number of methoxy groups -OCH3 is 1. The Hall–Kier alpha value is -2.49. The first-order chi connectivity index (χ1) is 10.7. The summed E-state index contributed by atoms with van der Waals surface area (Å²) in [5.41, 5.74) is 1.07. The highest BCUT2D eigenvalue weighted by molar-refractivity contribution is 5.80. The molecular weight excluding hydrogens is 278 g/mol. The number of rotatable bonds is 7. The van der Waals surface area contributed by atoms with E-state index in [1.165, 1.54) is 0 Å². The predicted molar refractivity (Wildman–Crippen MR) is 86.2 cm³/mol. The molecule has 2 aromatic carbocycles. The fraction of sp³-hybridized carbons (Fsp3) is 0.278. The van der Waals surface area contributed by atoms with Gasteiger partial charge in [0.05, 0.1) is 7.11 Å². The maximum atomic E-state index is 12.0. The van der Waals surface area contributed by atoms with E-state index in [2.05, 4.69) is 5.32 Å². The van der Waals surface area contributed by atoms with Gasteiger partial charge < -0.3 is 14.8 Å². The Morgan fingerprint density at radius 3 is 2.50 bits per heavy atom. The molecule has 116 valence electrons. The molecule has 0 saturated heterocycles. The SMILES string of the molecule is COc1ccccc1CCNC(=O)C(C)Oc1ccccc1. The van der Waals surface area contributed by atoms with Crippen molar-refractivity contribution < 1.29 is 14.3 Å². The second-order valence-corrected chi connectivity index (χ2v) is 4.93. The zero-order chi connectivity index (χ0) is 15.8. The van der Waals surface area contributed by atoms with E-state index in [1.807, 2.05) is 54.6 Å². The third-order valence-corrected chi connectivity index (χ3v) is 3.31. The Labute approximate surface area is 131 Å². The van der Waals surface area contributed by atoms with Crippen LogP contribution in [0.5, 0.6) is 11.5 Å². The maximum Gasteiger partial charge on any atom is 0.260 e. The van der Waals surface area contributed by atoms with Crippen LogP contribution in [0.4, 0.5) is 0 Å². The first-order valence-corrected chi connectivity index (χ1v) is 7.32. The van der Waals surface area contributed by atoms with Gasteiger partial charge in [0.2, 0.25) is 0 Å². The molecule has 1 amide bonds. The molecule has 2 rings (SSSR count). The molecule has 0 heterocycles. The number of hydrogen-bond acceptors (Lipinski definition) is 3. The smallest absolute Gasteiger partial charge is 0.260 e. The third kappa shape index (κ3) is 4.52. The number of carbonyl (C=O) groups excluding carboxylic acids is 1. The van der Waals surface area contributed by atoms with Crippen molar-refractivity contribution in [3.63, 3.8) is 0 Å². The molecule has 22 heavy (non-hydrogen) atoms. The van der Waals surface area contributed by atoms with Gasteiger partial charge in [0, 0.05) is 6.54 Å². The van der Waals surface area contributed by atoms with Crippen molar-refractivity contribution >= 4 is 5.91 Å². The van der Waals surface area contributed by atoms with E-state index in [-0.39, 0.29) is 5.91 Å². The number of amides is 1. The second kappa shape index (κ2) is 8.08. The van der Waals surface area contributed by atoms with Crippen LogP contribution in [-0.4, -0.2) is 25.7 Å². The van der Waals surface area contributed by atoms with Crippen LogP contribution < -0.4 is 14.8 Å². The minimum Gasteiger partial charge on any atom is -0.496 e. The summed E-state index contributed by atoms with van der Waals surface area (Å²) in [6.07, 6.45) is 0.188. The number of ether oxygens (including phenoxy) is 2. The van der Waals surface area contributed by atoms with Crippen LogP contribution in [-0.2, 0) is 11.2 Å². The summed E-state index contributed by atoms with van der Waals surface area (Å²) in [6.45, 7) is 2.28. The van der Waals surface area contributed by atoms with Crippen LogP contribution in [0.15, 0.2) is 54.6 Å². The van der Waals surface area contributed by atoms with Gasteiger partial charge in [0.15, 0.2) is 6.10 Å². The van der Waals surface area contributed by atoms with Crippen LogP contribution in [0, 0.1) is 0 Å². The minimum absolute atomic E-state index is 0.126. The highest BCUT2D eigenvalue weighted by Crippen LogP contribution is 2.17. The van der Waals surface area contributed by atoms with Gasteiger partial charge in [-0.05, 0) is 37.1 Å². The van der Waals surface area contributed by atoms with Crippen molar-refractivity contribution in [2.45, 2.75) is 19.4 Å². The highest BCUT2D eigenvalue weighted by Gasteiger charge is 2.14. The molecule has 0 bridgehead atoms. The second-order valence-electron chi connectivity index (χ2n) is 4.93.